The van der Waals surface area contributed by atoms with E-state index in [9.17, 15) is 4.79 Å². The molecule has 0 aliphatic carbocycles. The Morgan fingerprint density at radius 3 is 2.79 bits per heavy atom. The Hall–Kier alpha value is -2.49. The van der Waals surface area contributed by atoms with Gasteiger partial charge in [0.25, 0.3) is 5.91 Å². The molecule has 0 aromatic heterocycles. The van der Waals surface area contributed by atoms with Gasteiger partial charge in [0.05, 0.1) is 5.69 Å². The minimum absolute atomic E-state index is 0.0729. The maximum atomic E-state index is 11.5. The summed E-state index contributed by atoms with van der Waals surface area (Å²) in [6.45, 7) is 1.00. The van der Waals surface area contributed by atoms with Gasteiger partial charge in [0, 0.05) is 12.1 Å². The van der Waals surface area contributed by atoms with Crippen LogP contribution >= 0.6 is 0 Å². The van der Waals surface area contributed by atoms with Crippen LogP contribution in [0, 0.1) is 0 Å². The Balaban J connectivity index is 1.81. The third kappa shape index (κ3) is 2.25. The third-order valence-corrected chi connectivity index (χ3v) is 3.16. The topological polar surface area (TPSA) is 64.3 Å². The Bertz CT molecular complexity index is 624. The summed E-state index contributed by atoms with van der Waals surface area (Å²) >= 11 is 0. The fourth-order valence-electron chi connectivity index (χ4n) is 2.13. The third-order valence-electron chi connectivity index (χ3n) is 3.16. The van der Waals surface area contributed by atoms with Crippen molar-refractivity contribution in [1.29, 1.82) is 0 Å². The molecule has 96 valence electrons. The Morgan fingerprint density at radius 1 is 1.21 bits per heavy atom. The summed E-state index contributed by atoms with van der Waals surface area (Å²) in [6, 6.07) is 13.4. The monoisotopic (exact) mass is 254 g/mol. The van der Waals surface area contributed by atoms with Crippen molar-refractivity contribution in [2.24, 2.45) is 0 Å². The van der Waals surface area contributed by atoms with Gasteiger partial charge in [0.1, 0.15) is 12.4 Å². The van der Waals surface area contributed by atoms with Crippen molar-refractivity contribution in [3.63, 3.8) is 0 Å². The first kappa shape index (κ1) is 11.6. The predicted octanol–water partition coefficient (Wildman–Crippen LogP) is 2.09. The zero-order valence-corrected chi connectivity index (χ0v) is 10.3. The van der Waals surface area contributed by atoms with E-state index in [1.165, 1.54) is 0 Å². The van der Waals surface area contributed by atoms with E-state index >= 15 is 0 Å². The van der Waals surface area contributed by atoms with E-state index in [-0.39, 0.29) is 5.91 Å². The molecule has 2 aromatic carbocycles. The molecule has 19 heavy (non-hydrogen) atoms. The quantitative estimate of drug-likeness (QED) is 0.824. The first-order valence-electron chi connectivity index (χ1n) is 6.11. The number of nitrogens with one attached hydrogen (secondary N) is 1. The van der Waals surface area contributed by atoms with Crippen LogP contribution in [0.25, 0.3) is 0 Å². The first-order chi connectivity index (χ1) is 9.24. The number of carbonyl (C=O) groups is 1. The molecule has 0 saturated carbocycles. The van der Waals surface area contributed by atoms with Gasteiger partial charge >= 0.3 is 0 Å². The molecule has 1 aliphatic heterocycles. The molecule has 0 fully saturated rings. The van der Waals surface area contributed by atoms with Gasteiger partial charge in [-0.05, 0) is 23.3 Å². The minimum atomic E-state index is -0.0729. The molecular formula is C15H14N2O2. The molecule has 3 rings (SSSR count). The molecule has 0 radical (unpaired) electrons. The molecule has 4 nitrogen and oxygen atoms in total. The lowest BCUT2D eigenvalue weighted by atomic mass is 10.1. The average molecular weight is 254 g/mol. The summed E-state index contributed by atoms with van der Waals surface area (Å²) in [5.74, 6) is 0.551. The predicted molar refractivity (Wildman–Crippen MR) is 72.8 cm³/mol. The molecule has 3 N–H and O–H groups in total. The van der Waals surface area contributed by atoms with Crippen LogP contribution in [-0.4, -0.2) is 5.91 Å². The van der Waals surface area contributed by atoms with Gasteiger partial charge < -0.3 is 15.8 Å². The van der Waals surface area contributed by atoms with Crippen molar-refractivity contribution in [3.8, 4) is 5.75 Å². The highest BCUT2D eigenvalue weighted by atomic mass is 16.5. The number of benzene rings is 2. The second-order valence-electron chi connectivity index (χ2n) is 4.50. The van der Waals surface area contributed by atoms with E-state index in [2.05, 4.69) is 5.32 Å². The molecule has 0 unspecified atom stereocenters. The zero-order valence-electron chi connectivity index (χ0n) is 10.3. The van der Waals surface area contributed by atoms with Crippen LogP contribution in [0.15, 0.2) is 42.5 Å². The summed E-state index contributed by atoms with van der Waals surface area (Å²) < 4.78 is 5.72. The summed E-state index contributed by atoms with van der Waals surface area (Å²) in [4.78, 5) is 11.5. The lowest BCUT2D eigenvalue weighted by Gasteiger charge is -2.10. The minimum Gasteiger partial charge on any atom is -0.487 e. The lowest BCUT2D eigenvalue weighted by molar-refractivity contribution is 0.0966. The maximum absolute atomic E-state index is 11.5. The number of carbonyl (C=O) groups excluding carboxylic acids is 1. The molecule has 0 bridgehead atoms. The van der Waals surface area contributed by atoms with Crippen molar-refractivity contribution in [3.05, 3.63) is 59.2 Å². The number of anilines is 1. The summed E-state index contributed by atoms with van der Waals surface area (Å²) in [5, 5.41) is 2.76. The van der Waals surface area contributed by atoms with E-state index in [0.29, 0.717) is 30.2 Å². The molecule has 4 heteroatoms. The molecule has 0 saturated heterocycles. The first-order valence-corrected chi connectivity index (χ1v) is 6.11. The highest BCUT2D eigenvalue weighted by molar-refractivity contribution is 5.99. The van der Waals surface area contributed by atoms with Gasteiger partial charge in [-0.3, -0.25) is 4.79 Å². The van der Waals surface area contributed by atoms with E-state index < -0.39 is 0 Å². The second kappa shape index (κ2) is 4.65. The fourth-order valence-corrected chi connectivity index (χ4v) is 2.13. The van der Waals surface area contributed by atoms with E-state index in [1.54, 1.807) is 6.07 Å². The van der Waals surface area contributed by atoms with Gasteiger partial charge in [-0.25, -0.2) is 0 Å². The molecule has 0 spiro atoms. The Kier molecular flexibility index (Phi) is 2.83. The van der Waals surface area contributed by atoms with Crippen molar-refractivity contribution in [2.75, 3.05) is 5.73 Å². The SMILES string of the molecule is Nc1cc2c(cc1OCc1ccccc1)CNC2=O. The number of amides is 1. The molecular weight excluding hydrogens is 240 g/mol. The molecule has 1 heterocycles. The number of rotatable bonds is 3. The van der Waals surface area contributed by atoms with Gasteiger partial charge in [0.2, 0.25) is 0 Å². The zero-order chi connectivity index (χ0) is 13.2. The maximum Gasteiger partial charge on any atom is 0.251 e. The van der Waals surface area contributed by atoms with Gasteiger partial charge in [-0.15, -0.1) is 0 Å². The average Bonchev–Trinajstić information content (AvgIpc) is 2.78. The van der Waals surface area contributed by atoms with Gasteiger partial charge in [0.15, 0.2) is 0 Å². The molecule has 0 atom stereocenters. The summed E-state index contributed by atoms with van der Waals surface area (Å²) in [7, 11) is 0. The highest BCUT2D eigenvalue weighted by Crippen LogP contribution is 2.29. The fraction of sp³-hybridized carbons (Fsp3) is 0.133. The number of nitrogens with two attached hydrogens (primary N) is 1. The van der Waals surface area contributed by atoms with E-state index in [0.717, 1.165) is 11.1 Å². The lowest BCUT2D eigenvalue weighted by Crippen LogP contribution is -2.12. The number of hydrogen-bond acceptors (Lipinski definition) is 3. The van der Waals surface area contributed by atoms with E-state index in [4.69, 9.17) is 10.5 Å². The number of ether oxygens (including phenoxy) is 1. The Labute approximate surface area is 111 Å². The summed E-state index contributed by atoms with van der Waals surface area (Å²) in [6.07, 6.45) is 0. The van der Waals surface area contributed by atoms with Crippen LogP contribution in [-0.2, 0) is 13.2 Å². The Morgan fingerprint density at radius 2 is 2.00 bits per heavy atom. The van der Waals surface area contributed by atoms with Crippen molar-refractivity contribution in [1.82, 2.24) is 5.32 Å². The number of nitrogen functional groups attached to an aromatic ring is 1. The number of hydrogen-bond donors (Lipinski definition) is 2. The van der Waals surface area contributed by atoms with Gasteiger partial charge in [-0.2, -0.15) is 0 Å². The highest BCUT2D eigenvalue weighted by Gasteiger charge is 2.20. The molecule has 1 amide bonds. The summed E-state index contributed by atoms with van der Waals surface area (Å²) in [5.41, 5.74) is 9.06. The van der Waals surface area contributed by atoms with Crippen LogP contribution in [0.1, 0.15) is 21.5 Å². The van der Waals surface area contributed by atoms with E-state index in [1.807, 2.05) is 36.4 Å². The smallest absolute Gasteiger partial charge is 0.251 e. The molecule has 2 aromatic rings. The van der Waals surface area contributed by atoms with Crippen LogP contribution in [0.5, 0.6) is 5.75 Å². The standard InChI is InChI=1S/C15H14N2O2/c16-13-7-12-11(8-17-15(12)18)6-14(13)19-9-10-4-2-1-3-5-10/h1-7H,8-9,16H2,(H,17,18). The number of fused-ring (bicyclic) bond motifs is 1. The van der Waals surface area contributed by atoms with Crippen molar-refractivity contribution < 1.29 is 9.53 Å². The van der Waals surface area contributed by atoms with Crippen LogP contribution < -0.4 is 15.8 Å². The van der Waals surface area contributed by atoms with Crippen molar-refractivity contribution in [2.45, 2.75) is 13.2 Å². The van der Waals surface area contributed by atoms with Crippen LogP contribution in [0.2, 0.25) is 0 Å². The molecule has 1 aliphatic rings. The largest absolute Gasteiger partial charge is 0.487 e. The van der Waals surface area contributed by atoms with Crippen LogP contribution in [0.3, 0.4) is 0 Å². The van der Waals surface area contributed by atoms with Crippen LogP contribution in [0.4, 0.5) is 5.69 Å². The van der Waals surface area contributed by atoms with Gasteiger partial charge in [-0.1, -0.05) is 30.3 Å². The van der Waals surface area contributed by atoms with Crippen molar-refractivity contribution >= 4 is 11.6 Å². The second-order valence-corrected chi connectivity index (χ2v) is 4.50. The normalized spacial score (nSPS) is 12.9.